The molecule has 1 aromatic carbocycles. The molecule has 2 aliphatic heterocycles. The minimum absolute atomic E-state index is 0.210. The number of nitrogens with one attached hydrogen (secondary N) is 1. The second-order valence-corrected chi connectivity index (χ2v) is 10.6. The highest BCUT2D eigenvalue weighted by molar-refractivity contribution is 7.95. The molecule has 1 aliphatic carbocycles. The number of anilines is 1. The van der Waals surface area contributed by atoms with Gasteiger partial charge >= 0.3 is 6.03 Å². The van der Waals surface area contributed by atoms with E-state index < -0.39 is 15.9 Å². The van der Waals surface area contributed by atoms with E-state index in [1.807, 2.05) is 6.07 Å². The average molecular weight is 454 g/mol. The van der Waals surface area contributed by atoms with Gasteiger partial charge in [0.25, 0.3) is 0 Å². The van der Waals surface area contributed by atoms with Crippen molar-refractivity contribution < 1.29 is 13.6 Å². The maximum absolute atomic E-state index is 13.2. The fourth-order valence-corrected chi connectivity index (χ4v) is 6.55. The molecule has 1 aromatic heterocycles. The van der Waals surface area contributed by atoms with Crippen molar-refractivity contribution in [3.8, 4) is 0 Å². The zero-order chi connectivity index (χ0) is 22.2. The third-order valence-corrected chi connectivity index (χ3v) is 8.68. The van der Waals surface area contributed by atoms with Gasteiger partial charge in [0.15, 0.2) is 15.3 Å². The number of rotatable bonds is 4. The van der Waals surface area contributed by atoms with Crippen LogP contribution in [0.2, 0.25) is 0 Å². The second kappa shape index (κ2) is 8.38. The molecule has 5 rings (SSSR count). The van der Waals surface area contributed by atoms with Gasteiger partial charge in [-0.2, -0.15) is 0 Å². The quantitative estimate of drug-likeness (QED) is 0.717. The van der Waals surface area contributed by atoms with E-state index >= 15 is 0 Å². The number of piperidine rings is 1. The van der Waals surface area contributed by atoms with Crippen LogP contribution in [0.15, 0.2) is 64.7 Å². The summed E-state index contributed by atoms with van der Waals surface area (Å²) in [5.74, 6) is 0.676. The number of aliphatic imine (C=N–C) groups is 1. The molecule has 3 fully saturated rings. The fraction of sp³-hybridized carbons (Fsp3) is 0.435. The van der Waals surface area contributed by atoms with Crippen LogP contribution in [0.25, 0.3) is 0 Å². The third kappa shape index (κ3) is 3.64. The highest BCUT2D eigenvalue weighted by Crippen LogP contribution is 2.40. The maximum atomic E-state index is 13.2. The van der Waals surface area contributed by atoms with Crippen LogP contribution in [0, 0.1) is 0 Å². The van der Waals surface area contributed by atoms with Crippen LogP contribution in [-0.2, 0) is 14.6 Å². The second-order valence-electron chi connectivity index (χ2n) is 8.64. The summed E-state index contributed by atoms with van der Waals surface area (Å²) < 4.78 is 27.8. The fourth-order valence-electron chi connectivity index (χ4n) is 5.09. The molecule has 32 heavy (non-hydrogen) atoms. The molecule has 1 atom stereocenters. The zero-order valence-electron chi connectivity index (χ0n) is 17.9. The van der Waals surface area contributed by atoms with Gasteiger partial charge in [0, 0.05) is 19.3 Å². The lowest BCUT2D eigenvalue weighted by Crippen LogP contribution is -2.58. The van der Waals surface area contributed by atoms with Gasteiger partial charge in [0.1, 0.15) is 11.4 Å². The number of nitrogens with zero attached hydrogens (tertiary/aromatic N) is 4. The lowest BCUT2D eigenvalue weighted by Gasteiger charge is -2.43. The molecule has 0 bridgehead atoms. The first-order valence-electron chi connectivity index (χ1n) is 11.2. The van der Waals surface area contributed by atoms with Crippen molar-refractivity contribution in [2.24, 2.45) is 4.99 Å². The Balaban J connectivity index is 1.47. The van der Waals surface area contributed by atoms with E-state index in [1.54, 1.807) is 53.7 Å². The summed E-state index contributed by atoms with van der Waals surface area (Å²) in [6.07, 6.45) is 8.64. The molecule has 8 nitrogen and oxygen atoms in total. The van der Waals surface area contributed by atoms with Gasteiger partial charge < -0.3 is 4.55 Å². The Morgan fingerprint density at radius 2 is 1.81 bits per heavy atom. The summed E-state index contributed by atoms with van der Waals surface area (Å²) in [6, 6.07) is 12.2. The first-order valence-corrected chi connectivity index (χ1v) is 12.6. The van der Waals surface area contributed by atoms with E-state index in [4.69, 9.17) is 4.99 Å². The summed E-state index contributed by atoms with van der Waals surface area (Å²) >= 11 is 0. The van der Waals surface area contributed by atoms with Crippen molar-refractivity contribution in [3.05, 3.63) is 54.9 Å². The molecule has 1 unspecified atom stereocenters. The van der Waals surface area contributed by atoms with E-state index in [0.717, 1.165) is 25.7 Å². The lowest BCUT2D eigenvalue weighted by atomic mass is 9.86. The van der Waals surface area contributed by atoms with Crippen molar-refractivity contribution in [2.45, 2.75) is 55.0 Å². The highest BCUT2D eigenvalue weighted by Gasteiger charge is 2.55. The molecule has 2 aromatic rings. The molecular formula is C23H27N5O3S. The number of carbonyl (C=O) groups excluding carboxylic acids is 1. The largest absolute Gasteiger partial charge is 0.593 e. The van der Waals surface area contributed by atoms with Gasteiger partial charge in [-0.3, -0.25) is 20.2 Å². The summed E-state index contributed by atoms with van der Waals surface area (Å²) in [7, 11) is -3.59. The first-order chi connectivity index (χ1) is 15.5. The number of sulfonamides is 1. The number of benzene rings is 1. The van der Waals surface area contributed by atoms with Crippen LogP contribution in [0.4, 0.5) is 10.5 Å². The summed E-state index contributed by atoms with van der Waals surface area (Å²) in [6.45, 7) is 0.624. The molecule has 2 saturated heterocycles. The van der Waals surface area contributed by atoms with Crippen molar-refractivity contribution in [2.75, 3.05) is 18.0 Å². The summed E-state index contributed by atoms with van der Waals surface area (Å²) in [5.41, 5.74) is 0.00629. The molecule has 1 saturated carbocycles. The van der Waals surface area contributed by atoms with Gasteiger partial charge in [-0.1, -0.05) is 35.2 Å². The Kier molecular flexibility index (Phi) is 5.56. The van der Waals surface area contributed by atoms with Gasteiger partial charge in [0.05, 0.1) is 17.9 Å². The monoisotopic (exact) mass is 453 g/mol. The van der Waals surface area contributed by atoms with Crippen LogP contribution in [0.3, 0.4) is 0 Å². The summed E-state index contributed by atoms with van der Waals surface area (Å²) in [4.78, 5) is 24.3. The molecule has 3 aliphatic rings. The van der Waals surface area contributed by atoms with Crippen molar-refractivity contribution >= 4 is 28.0 Å². The van der Waals surface area contributed by atoms with E-state index in [0.29, 0.717) is 42.3 Å². The van der Waals surface area contributed by atoms with Crippen LogP contribution < -0.4 is 10.2 Å². The van der Waals surface area contributed by atoms with Crippen molar-refractivity contribution in [3.63, 3.8) is 0 Å². The van der Waals surface area contributed by atoms with Gasteiger partial charge in [0.2, 0.25) is 0 Å². The molecule has 168 valence electrons. The van der Waals surface area contributed by atoms with E-state index in [1.165, 1.54) is 4.31 Å². The molecule has 1 spiro atoms. The van der Waals surface area contributed by atoms with Crippen LogP contribution in [-0.4, -0.2) is 50.4 Å². The zero-order valence-corrected chi connectivity index (χ0v) is 18.7. The number of carbonyl (C=O) groups is 1. The maximum Gasteiger partial charge on any atom is 0.328 e. The Hall–Kier alpha value is -2.62. The lowest BCUT2D eigenvalue weighted by molar-refractivity contribution is 0.240. The predicted molar refractivity (Wildman–Crippen MR) is 122 cm³/mol. The molecule has 9 heteroatoms. The molecule has 3 heterocycles. The number of urea groups is 1. The van der Waals surface area contributed by atoms with Gasteiger partial charge in [-0.25, -0.2) is 4.79 Å². The Morgan fingerprint density at radius 3 is 2.47 bits per heavy atom. The SMILES string of the molecule is O=C1NC(=NC2CCCC2)C2(CCN([S+](=O)([O-])c3ccccc3)CC2)N1c1cccnc1. The Labute approximate surface area is 189 Å². The van der Waals surface area contributed by atoms with Crippen molar-refractivity contribution in [1.29, 1.82) is 0 Å². The normalized spacial score (nSPS) is 24.7. The predicted octanol–water partition coefficient (Wildman–Crippen LogP) is 3.39. The molecule has 1 N–H and O–H groups in total. The number of amides is 2. The van der Waals surface area contributed by atoms with Crippen LogP contribution in [0.1, 0.15) is 38.5 Å². The topological polar surface area (TPSA) is 101 Å². The van der Waals surface area contributed by atoms with E-state index in [9.17, 15) is 13.6 Å². The number of hydrogen-bond acceptors (Lipinski definition) is 5. The Bertz CT molecular complexity index is 1050. The van der Waals surface area contributed by atoms with Crippen molar-refractivity contribution in [1.82, 2.24) is 14.6 Å². The van der Waals surface area contributed by atoms with Crippen LogP contribution in [0.5, 0.6) is 0 Å². The van der Waals surface area contributed by atoms with Gasteiger partial charge in [-0.05, 0) is 49.9 Å². The molecular weight excluding hydrogens is 426 g/mol. The number of hydrogen-bond donors (Lipinski definition) is 1. The van der Waals surface area contributed by atoms with E-state index in [-0.39, 0.29) is 12.1 Å². The van der Waals surface area contributed by atoms with E-state index in [2.05, 4.69) is 10.3 Å². The minimum atomic E-state index is -3.59. The standard InChI is InChI=1S/C23H27N5O3S/c29-22-26-21(25-18-7-4-5-8-18)23(28(22)19-9-6-14-24-17-19)12-15-27(16-13-23)32(30,31)20-10-2-1-3-11-20/h1-3,6,9-11,14,17-18H,4-5,7-8,12-13,15-16H2,(H-,25,26,29,30,31). The number of pyridine rings is 1. The van der Waals surface area contributed by atoms with Gasteiger partial charge in [-0.15, -0.1) is 4.31 Å². The smallest absolute Gasteiger partial charge is 0.328 e. The van der Waals surface area contributed by atoms with Crippen LogP contribution >= 0.6 is 0 Å². The first kappa shape index (κ1) is 21.2. The number of aromatic nitrogens is 1. The third-order valence-electron chi connectivity index (χ3n) is 6.77. The Morgan fingerprint density at radius 1 is 1.09 bits per heavy atom. The minimum Gasteiger partial charge on any atom is -0.593 e. The number of amidine groups is 1. The molecule has 0 radical (unpaired) electrons. The molecule has 2 amide bonds. The average Bonchev–Trinajstić information content (AvgIpc) is 3.42. The summed E-state index contributed by atoms with van der Waals surface area (Å²) in [5, 5.41) is 3.02. The highest BCUT2D eigenvalue weighted by atomic mass is 32.3.